The molecule has 0 spiro atoms. The van der Waals surface area contributed by atoms with Crippen LogP contribution < -0.4 is 37.2 Å². The van der Waals surface area contributed by atoms with E-state index in [4.69, 9.17) is 14.2 Å². The number of alkyl carbamates (subject to hydrolysis) is 2. The first-order valence-electron chi connectivity index (χ1n) is 24.9. The van der Waals surface area contributed by atoms with Crippen LogP contribution in [0.25, 0.3) is 11.1 Å². The van der Waals surface area contributed by atoms with Gasteiger partial charge in [-0.1, -0.05) is 63.6 Å². The molecule has 0 saturated heterocycles. The van der Waals surface area contributed by atoms with E-state index in [1.807, 2.05) is 26.0 Å². The molecule has 21 heteroatoms. The smallest absolute Gasteiger partial charge is 0.416 e. The number of halogens is 3. The molecule has 2 rings (SSSR count). The van der Waals surface area contributed by atoms with Crippen molar-refractivity contribution in [3.05, 3.63) is 59.7 Å². The van der Waals surface area contributed by atoms with Gasteiger partial charge in [0.1, 0.15) is 35.4 Å². The SMILES string of the molecule is CCCCc1ccc(-c2ccc(C(=O)NC(CCNC(=O)OC(C)(C)C)C(=O)NC(C(=O)NC(C)C(=O)NC(CCCCNC(=O)OC(C)(C)C)C(=O)NC(C)C(O)C(F)(F)F)C(C)OCC(C)C)cc2)cc1. The van der Waals surface area contributed by atoms with E-state index in [1.165, 1.54) is 19.4 Å². The van der Waals surface area contributed by atoms with Gasteiger partial charge in [0.2, 0.25) is 23.6 Å². The monoisotopic (exact) mass is 1040 g/mol. The predicted octanol–water partition coefficient (Wildman–Crippen LogP) is 6.37. The molecule has 18 nitrogen and oxygen atoms in total. The predicted molar refractivity (Wildman–Crippen MR) is 270 cm³/mol. The molecule has 0 aliphatic heterocycles. The van der Waals surface area contributed by atoms with Crippen molar-refractivity contribution >= 4 is 41.7 Å². The molecular weight excluding hydrogens is 956 g/mol. The zero-order chi connectivity index (χ0) is 55.3. The second-order valence-electron chi connectivity index (χ2n) is 20.5. The van der Waals surface area contributed by atoms with Gasteiger partial charge in [-0.3, -0.25) is 24.0 Å². The Labute approximate surface area is 428 Å². The lowest BCUT2D eigenvalue weighted by atomic mass is 10.0. The Bertz CT molecular complexity index is 2090. The summed E-state index contributed by atoms with van der Waals surface area (Å²) in [5.41, 5.74) is 1.67. The van der Waals surface area contributed by atoms with Crippen molar-refractivity contribution in [2.24, 2.45) is 5.92 Å². The number of nitrogens with one attached hydrogen (secondary N) is 7. The third kappa shape index (κ3) is 24.5. The Kier molecular flexibility index (Phi) is 25.7. The van der Waals surface area contributed by atoms with Gasteiger partial charge in [0.05, 0.1) is 12.1 Å². The molecule has 8 N–H and O–H groups in total. The van der Waals surface area contributed by atoms with Crippen molar-refractivity contribution < 1.29 is 66.1 Å². The second-order valence-corrected chi connectivity index (χ2v) is 20.5. The number of benzene rings is 2. The quantitative estimate of drug-likeness (QED) is 0.0457. The molecule has 73 heavy (non-hydrogen) atoms. The highest BCUT2D eigenvalue weighted by molar-refractivity contribution is 5.99. The van der Waals surface area contributed by atoms with Crippen molar-refractivity contribution in [1.82, 2.24) is 37.2 Å². The van der Waals surface area contributed by atoms with E-state index in [0.717, 1.165) is 37.3 Å². The van der Waals surface area contributed by atoms with Crippen molar-refractivity contribution in [3.63, 3.8) is 0 Å². The molecule has 7 atom stereocenters. The molecule has 0 bridgehead atoms. The van der Waals surface area contributed by atoms with Crippen LogP contribution >= 0.6 is 0 Å². The summed E-state index contributed by atoms with van der Waals surface area (Å²) < 4.78 is 56.4. The van der Waals surface area contributed by atoms with E-state index in [-0.39, 0.29) is 56.9 Å². The Morgan fingerprint density at radius 2 is 1.12 bits per heavy atom. The highest BCUT2D eigenvalue weighted by atomic mass is 19.4. The van der Waals surface area contributed by atoms with Crippen LogP contribution in [0.1, 0.15) is 138 Å². The Hall–Kier alpha value is -5.96. The molecule has 0 fully saturated rings. The van der Waals surface area contributed by atoms with Gasteiger partial charge < -0.3 is 56.5 Å². The number of carbonyl (C=O) groups is 7. The number of aliphatic hydroxyl groups excluding tert-OH is 1. The number of carbonyl (C=O) groups excluding carboxylic acids is 7. The maximum absolute atomic E-state index is 14.2. The lowest BCUT2D eigenvalue weighted by Crippen LogP contribution is -2.61. The van der Waals surface area contributed by atoms with Gasteiger partial charge in [-0.2, -0.15) is 13.2 Å². The Balaban J connectivity index is 2.36. The summed E-state index contributed by atoms with van der Waals surface area (Å²) in [5, 5.41) is 27.3. The first kappa shape index (κ1) is 63.2. The van der Waals surface area contributed by atoms with Gasteiger partial charge in [0, 0.05) is 25.3 Å². The van der Waals surface area contributed by atoms with E-state index >= 15 is 0 Å². The molecule has 2 aromatic rings. The summed E-state index contributed by atoms with van der Waals surface area (Å²) in [6, 6.07) is 7.41. The van der Waals surface area contributed by atoms with E-state index in [0.29, 0.717) is 0 Å². The zero-order valence-electron chi connectivity index (χ0n) is 44.5. The number of ether oxygens (including phenoxy) is 3. The van der Waals surface area contributed by atoms with Gasteiger partial charge in [0.15, 0.2) is 6.10 Å². The van der Waals surface area contributed by atoms with Crippen LogP contribution in [-0.4, -0.2) is 126 Å². The molecule has 2 aromatic carbocycles. The lowest BCUT2D eigenvalue weighted by Gasteiger charge is -2.29. The molecular formula is C52H80F3N7O11. The van der Waals surface area contributed by atoms with Crippen LogP contribution in [-0.2, 0) is 39.8 Å². The summed E-state index contributed by atoms with van der Waals surface area (Å²) in [6.07, 6.45) is -7.17. The topological polar surface area (TPSA) is 252 Å². The number of aryl methyl sites for hydroxylation is 1. The van der Waals surface area contributed by atoms with Crippen LogP contribution in [0, 0.1) is 5.92 Å². The summed E-state index contributed by atoms with van der Waals surface area (Å²) in [5.74, 6) is -4.38. The standard InChI is InChI=1S/C52H80F3N7O11/c1-13-14-17-35-19-21-36(22-20-35)37-23-25-38(26-24-37)44(65)61-40(27-29-57-49(70)73-51(10,11)12)46(67)62-41(34(6)71-30-31(2)3)47(68)59-33(5)43(64)60-39(45(66)58-32(4)42(63)52(53,54)55)18-15-16-28-56-48(69)72-50(7,8)9/h19-26,31-34,39-42,63H,13-18,27-30H2,1-12H3,(H,56,69)(H,57,70)(H,58,66)(H,59,68)(H,60,64)(H,61,65)(H,62,67). The summed E-state index contributed by atoms with van der Waals surface area (Å²) in [6.45, 7) is 19.8. The van der Waals surface area contributed by atoms with Gasteiger partial charge >= 0.3 is 18.4 Å². The summed E-state index contributed by atoms with van der Waals surface area (Å²) in [7, 11) is 0. The van der Waals surface area contributed by atoms with Crippen molar-refractivity contribution in [2.75, 3.05) is 19.7 Å². The van der Waals surface area contributed by atoms with Gasteiger partial charge in [-0.05, 0) is 136 Å². The van der Waals surface area contributed by atoms with Crippen molar-refractivity contribution in [2.45, 2.75) is 188 Å². The molecule has 0 saturated carbocycles. The summed E-state index contributed by atoms with van der Waals surface area (Å²) >= 11 is 0. The average molecular weight is 1040 g/mol. The van der Waals surface area contributed by atoms with E-state index in [1.54, 1.807) is 65.8 Å². The van der Waals surface area contributed by atoms with Crippen LogP contribution in [0.15, 0.2) is 48.5 Å². The average Bonchev–Trinajstić information content (AvgIpc) is 3.29. The fraction of sp³-hybridized carbons (Fsp3) is 0.635. The van der Waals surface area contributed by atoms with Crippen LogP contribution in [0.3, 0.4) is 0 Å². The molecule has 0 aliphatic rings. The first-order chi connectivity index (χ1) is 33.9. The van der Waals surface area contributed by atoms with Crippen LogP contribution in [0.2, 0.25) is 0 Å². The minimum absolute atomic E-state index is 0.00907. The minimum Gasteiger partial charge on any atom is -0.444 e. The maximum atomic E-state index is 14.2. The first-order valence-corrected chi connectivity index (χ1v) is 24.9. The largest absolute Gasteiger partial charge is 0.444 e. The second kappa shape index (κ2) is 29.7. The van der Waals surface area contributed by atoms with Crippen molar-refractivity contribution in [1.29, 1.82) is 0 Å². The number of amides is 7. The van der Waals surface area contributed by atoms with Crippen LogP contribution in [0.4, 0.5) is 22.8 Å². The number of alkyl halides is 3. The van der Waals surface area contributed by atoms with Crippen molar-refractivity contribution in [3.8, 4) is 11.1 Å². The van der Waals surface area contributed by atoms with E-state index < -0.39 is 102 Å². The molecule has 410 valence electrons. The molecule has 0 radical (unpaired) electrons. The number of aliphatic hydroxyl groups is 1. The number of hydrogen-bond donors (Lipinski definition) is 8. The lowest BCUT2D eigenvalue weighted by molar-refractivity contribution is -0.210. The highest BCUT2D eigenvalue weighted by Crippen LogP contribution is 2.23. The summed E-state index contributed by atoms with van der Waals surface area (Å²) in [4.78, 5) is 93.8. The highest BCUT2D eigenvalue weighted by Gasteiger charge is 2.43. The Morgan fingerprint density at radius 3 is 1.64 bits per heavy atom. The normalized spacial score (nSPS) is 14.8. The fourth-order valence-electron chi connectivity index (χ4n) is 6.89. The number of unbranched alkanes of at least 4 members (excludes halogenated alkanes) is 2. The zero-order valence-corrected chi connectivity index (χ0v) is 44.5. The third-order valence-electron chi connectivity index (χ3n) is 10.9. The minimum atomic E-state index is -5.06. The Morgan fingerprint density at radius 1 is 0.603 bits per heavy atom. The van der Waals surface area contributed by atoms with Crippen LogP contribution in [0.5, 0.6) is 0 Å². The molecule has 0 heterocycles. The fourth-order valence-corrected chi connectivity index (χ4v) is 6.89. The third-order valence-corrected chi connectivity index (χ3v) is 10.9. The molecule has 0 aliphatic carbocycles. The van der Waals surface area contributed by atoms with E-state index in [9.17, 15) is 51.8 Å². The van der Waals surface area contributed by atoms with Gasteiger partial charge in [-0.25, -0.2) is 9.59 Å². The molecule has 7 amide bonds. The van der Waals surface area contributed by atoms with Gasteiger partial charge in [-0.15, -0.1) is 0 Å². The molecule has 7 unspecified atom stereocenters. The van der Waals surface area contributed by atoms with Gasteiger partial charge in [0.25, 0.3) is 5.91 Å². The number of rotatable bonds is 27. The molecule has 0 aromatic heterocycles. The maximum Gasteiger partial charge on any atom is 0.416 e. The van der Waals surface area contributed by atoms with E-state index in [2.05, 4.69) is 56.3 Å². The number of hydrogen-bond acceptors (Lipinski definition) is 11.